The van der Waals surface area contributed by atoms with Crippen molar-refractivity contribution < 1.29 is 4.79 Å². The van der Waals surface area contributed by atoms with Gasteiger partial charge in [0.1, 0.15) is 0 Å². The molecule has 1 aliphatic carbocycles. The molecule has 0 aromatic heterocycles. The third kappa shape index (κ3) is 4.02. The van der Waals surface area contributed by atoms with Crippen molar-refractivity contribution in [3.05, 3.63) is 0 Å². The SMILES string of the molecule is CCCCN(C)C1CCCN(C(=O)C2(NC)CCCC2)CC1. The number of hydrogen-bond acceptors (Lipinski definition) is 3. The van der Waals surface area contributed by atoms with Crippen molar-refractivity contribution in [2.24, 2.45) is 0 Å². The highest BCUT2D eigenvalue weighted by molar-refractivity contribution is 5.86. The lowest BCUT2D eigenvalue weighted by atomic mass is 9.95. The number of hydrogen-bond donors (Lipinski definition) is 1. The lowest BCUT2D eigenvalue weighted by Gasteiger charge is -2.34. The molecular formula is C18H35N3O. The average Bonchev–Trinajstić information content (AvgIpc) is 2.90. The summed E-state index contributed by atoms with van der Waals surface area (Å²) in [5.74, 6) is 0.365. The van der Waals surface area contributed by atoms with Crippen LogP contribution in [0.1, 0.15) is 64.7 Å². The summed E-state index contributed by atoms with van der Waals surface area (Å²) >= 11 is 0. The Morgan fingerprint density at radius 3 is 2.59 bits per heavy atom. The zero-order chi connectivity index (χ0) is 16.0. The fraction of sp³-hybridized carbons (Fsp3) is 0.944. The van der Waals surface area contributed by atoms with Crippen LogP contribution in [0.25, 0.3) is 0 Å². The van der Waals surface area contributed by atoms with Gasteiger partial charge in [0.05, 0.1) is 5.54 Å². The van der Waals surface area contributed by atoms with Crippen LogP contribution in [0.3, 0.4) is 0 Å². The average molecular weight is 309 g/mol. The van der Waals surface area contributed by atoms with Crippen LogP contribution >= 0.6 is 0 Å². The van der Waals surface area contributed by atoms with Gasteiger partial charge in [-0.15, -0.1) is 0 Å². The highest BCUT2D eigenvalue weighted by atomic mass is 16.2. The lowest BCUT2D eigenvalue weighted by molar-refractivity contribution is -0.138. The van der Waals surface area contributed by atoms with E-state index in [-0.39, 0.29) is 5.54 Å². The van der Waals surface area contributed by atoms with E-state index in [4.69, 9.17) is 0 Å². The first kappa shape index (κ1) is 17.7. The second kappa shape index (κ2) is 8.30. The van der Waals surface area contributed by atoms with E-state index in [2.05, 4.69) is 29.1 Å². The number of amides is 1. The van der Waals surface area contributed by atoms with E-state index in [1.165, 1.54) is 38.6 Å². The number of carbonyl (C=O) groups excluding carboxylic acids is 1. The van der Waals surface area contributed by atoms with Crippen LogP contribution in [0.2, 0.25) is 0 Å². The maximum atomic E-state index is 13.0. The van der Waals surface area contributed by atoms with Crippen LogP contribution in [-0.4, -0.2) is 61.0 Å². The molecule has 2 rings (SSSR count). The second-order valence-corrected chi connectivity index (χ2v) is 7.25. The van der Waals surface area contributed by atoms with Crippen molar-refractivity contribution >= 4 is 5.91 Å². The van der Waals surface area contributed by atoms with Crippen molar-refractivity contribution in [2.45, 2.75) is 76.3 Å². The third-order valence-electron chi connectivity index (χ3n) is 5.82. The fourth-order valence-electron chi connectivity index (χ4n) is 4.16. The molecule has 1 heterocycles. The standard InChI is InChI=1S/C18H35N3O/c1-4-5-13-20(3)16-9-8-14-21(15-10-16)17(22)18(19-2)11-6-7-12-18/h16,19H,4-15H2,1-3H3. The first-order chi connectivity index (χ1) is 10.6. The summed E-state index contributed by atoms with van der Waals surface area (Å²) in [6.07, 6.45) is 10.4. The van der Waals surface area contributed by atoms with Gasteiger partial charge in [0, 0.05) is 19.1 Å². The molecule has 1 amide bonds. The fourth-order valence-corrected chi connectivity index (χ4v) is 4.16. The van der Waals surface area contributed by atoms with E-state index in [1.54, 1.807) is 0 Å². The molecule has 1 aliphatic heterocycles. The third-order valence-corrected chi connectivity index (χ3v) is 5.82. The molecule has 0 bridgehead atoms. The van der Waals surface area contributed by atoms with Gasteiger partial charge in [0.25, 0.3) is 0 Å². The summed E-state index contributed by atoms with van der Waals surface area (Å²) < 4.78 is 0. The predicted octanol–water partition coefficient (Wildman–Crippen LogP) is 2.63. The summed E-state index contributed by atoms with van der Waals surface area (Å²) in [5.41, 5.74) is -0.256. The molecule has 4 nitrogen and oxygen atoms in total. The number of nitrogens with zero attached hydrogens (tertiary/aromatic N) is 2. The van der Waals surface area contributed by atoms with Gasteiger partial charge < -0.3 is 15.1 Å². The molecule has 1 N–H and O–H groups in total. The van der Waals surface area contributed by atoms with Crippen LogP contribution in [0.4, 0.5) is 0 Å². The molecule has 0 aromatic rings. The quantitative estimate of drug-likeness (QED) is 0.819. The highest BCUT2D eigenvalue weighted by Gasteiger charge is 2.42. The van der Waals surface area contributed by atoms with Gasteiger partial charge >= 0.3 is 0 Å². The molecule has 1 saturated heterocycles. The van der Waals surface area contributed by atoms with Crippen molar-refractivity contribution in [3.63, 3.8) is 0 Å². The Morgan fingerprint density at radius 2 is 1.95 bits per heavy atom. The summed E-state index contributed by atoms with van der Waals surface area (Å²) in [4.78, 5) is 17.7. The normalized spacial score (nSPS) is 25.5. The molecule has 4 heteroatoms. The molecule has 0 aromatic carbocycles. The molecule has 22 heavy (non-hydrogen) atoms. The minimum Gasteiger partial charge on any atom is -0.341 e. The molecule has 1 saturated carbocycles. The number of nitrogens with one attached hydrogen (secondary N) is 1. The number of unbranched alkanes of at least 4 members (excludes halogenated alkanes) is 1. The Bertz CT molecular complexity index is 352. The Hall–Kier alpha value is -0.610. The second-order valence-electron chi connectivity index (χ2n) is 7.25. The summed E-state index contributed by atoms with van der Waals surface area (Å²) in [7, 11) is 4.21. The summed E-state index contributed by atoms with van der Waals surface area (Å²) in [6, 6.07) is 0.651. The molecule has 1 unspecified atom stereocenters. The molecule has 128 valence electrons. The van der Waals surface area contributed by atoms with E-state index < -0.39 is 0 Å². The van der Waals surface area contributed by atoms with Crippen molar-refractivity contribution in [1.29, 1.82) is 0 Å². The van der Waals surface area contributed by atoms with Crippen LogP contribution in [-0.2, 0) is 4.79 Å². The topological polar surface area (TPSA) is 35.6 Å². The Balaban J connectivity index is 1.91. The van der Waals surface area contributed by atoms with Gasteiger partial charge in [-0.2, -0.15) is 0 Å². The van der Waals surface area contributed by atoms with Gasteiger partial charge in [0.2, 0.25) is 5.91 Å². The number of carbonyl (C=O) groups is 1. The van der Waals surface area contributed by atoms with Crippen molar-refractivity contribution in [1.82, 2.24) is 15.1 Å². The smallest absolute Gasteiger partial charge is 0.242 e. The number of rotatable bonds is 6. The van der Waals surface area contributed by atoms with Gasteiger partial charge in [-0.1, -0.05) is 26.2 Å². The zero-order valence-corrected chi connectivity index (χ0v) is 14.9. The van der Waals surface area contributed by atoms with Gasteiger partial charge in [0.15, 0.2) is 0 Å². The molecule has 2 fully saturated rings. The van der Waals surface area contributed by atoms with Crippen LogP contribution < -0.4 is 5.32 Å². The van der Waals surface area contributed by atoms with E-state index in [1.807, 2.05) is 7.05 Å². The molecular weight excluding hydrogens is 274 g/mol. The summed E-state index contributed by atoms with van der Waals surface area (Å²) in [5, 5.41) is 3.36. The Kier molecular flexibility index (Phi) is 6.69. The molecule has 0 spiro atoms. The Morgan fingerprint density at radius 1 is 1.23 bits per heavy atom. The minimum atomic E-state index is -0.256. The van der Waals surface area contributed by atoms with Crippen molar-refractivity contribution in [3.8, 4) is 0 Å². The molecule has 0 radical (unpaired) electrons. The van der Waals surface area contributed by atoms with E-state index >= 15 is 0 Å². The van der Waals surface area contributed by atoms with E-state index in [9.17, 15) is 4.79 Å². The van der Waals surface area contributed by atoms with Gasteiger partial charge in [-0.3, -0.25) is 4.79 Å². The Labute approximate surface area is 136 Å². The molecule has 2 aliphatic rings. The maximum absolute atomic E-state index is 13.0. The van der Waals surface area contributed by atoms with E-state index in [0.29, 0.717) is 11.9 Å². The van der Waals surface area contributed by atoms with Gasteiger partial charge in [-0.25, -0.2) is 0 Å². The minimum absolute atomic E-state index is 0.256. The van der Waals surface area contributed by atoms with E-state index in [0.717, 1.165) is 38.8 Å². The number of likely N-dealkylation sites (N-methyl/N-ethyl adjacent to an activating group) is 1. The first-order valence-corrected chi connectivity index (χ1v) is 9.31. The van der Waals surface area contributed by atoms with Crippen molar-refractivity contribution in [2.75, 3.05) is 33.7 Å². The van der Waals surface area contributed by atoms with Gasteiger partial charge in [-0.05, 0) is 59.2 Å². The zero-order valence-electron chi connectivity index (χ0n) is 14.9. The lowest BCUT2D eigenvalue weighted by Crippen LogP contribution is -2.55. The predicted molar refractivity (Wildman–Crippen MR) is 92.0 cm³/mol. The summed E-state index contributed by atoms with van der Waals surface area (Å²) in [6.45, 7) is 5.32. The maximum Gasteiger partial charge on any atom is 0.242 e. The van der Waals surface area contributed by atoms with Crippen LogP contribution in [0.5, 0.6) is 0 Å². The van der Waals surface area contributed by atoms with Crippen LogP contribution in [0, 0.1) is 0 Å². The van der Waals surface area contributed by atoms with Crippen LogP contribution in [0.15, 0.2) is 0 Å². The number of likely N-dealkylation sites (tertiary alicyclic amines) is 1. The monoisotopic (exact) mass is 309 g/mol. The highest BCUT2D eigenvalue weighted by Crippen LogP contribution is 2.32. The molecule has 1 atom stereocenters. The first-order valence-electron chi connectivity index (χ1n) is 9.31. The largest absolute Gasteiger partial charge is 0.341 e.